The quantitative estimate of drug-likeness (QED) is 0.428. The van der Waals surface area contributed by atoms with Crippen LogP contribution in [-0.4, -0.2) is 45.2 Å². The molecule has 0 saturated carbocycles. The Balaban J connectivity index is 3.34. The lowest BCUT2D eigenvalue weighted by Crippen LogP contribution is -2.35. The molecule has 0 fully saturated rings. The van der Waals surface area contributed by atoms with Crippen LogP contribution in [0.4, 0.5) is 0 Å². The van der Waals surface area contributed by atoms with Gasteiger partial charge < -0.3 is 13.6 Å². The molecule has 0 radical (unpaired) electrons. The molecule has 1 unspecified atom stereocenters. The summed E-state index contributed by atoms with van der Waals surface area (Å²) in [6.45, 7) is 12.2. The Hall–Kier alpha value is 0.314. The predicted octanol–water partition coefficient (Wildman–Crippen LogP) is 2.10. The van der Waals surface area contributed by atoms with Crippen molar-refractivity contribution in [1.29, 1.82) is 0 Å². The third kappa shape index (κ3) is 8.96. The minimum atomic E-state index is -1.42. The SMILES string of the molecule is CCCCOCCOCCC(C)[Si](C)(C)O[SiH3]. The second kappa shape index (κ2) is 10.3. The molecule has 5 heteroatoms. The smallest absolute Gasteiger partial charge is 0.175 e. The normalized spacial score (nSPS) is 14.1. The predicted molar refractivity (Wildman–Crippen MR) is 79.1 cm³/mol. The second-order valence-electron chi connectivity index (χ2n) is 5.08. The molecular weight excluding hydrogens is 248 g/mol. The fourth-order valence-electron chi connectivity index (χ4n) is 1.38. The summed E-state index contributed by atoms with van der Waals surface area (Å²) in [6.07, 6.45) is 3.45. The van der Waals surface area contributed by atoms with Crippen LogP contribution in [-0.2, 0) is 13.6 Å². The van der Waals surface area contributed by atoms with Gasteiger partial charge in [0.1, 0.15) is 10.5 Å². The minimum absolute atomic E-state index is 0.668. The van der Waals surface area contributed by atoms with Crippen molar-refractivity contribution >= 4 is 18.8 Å². The van der Waals surface area contributed by atoms with E-state index in [0.717, 1.165) is 49.8 Å². The van der Waals surface area contributed by atoms with Gasteiger partial charge in [-0.3, -0.25) is 0 Å². The van der Waals surface area contributed by atoms with Crippen molar-refractivity contribution in [3.63, 3.8) is 0 Å². The average molecular weight is 279 g/mol. The molecule has 0 bridgehead atoms. The molecule has 1 atom stereocenters. The van der Waals surface area contributed by atoms with Crippen molar-refractivity contribution in [2.45, 2.75) is 51.7 Å². The highest BCUT2D eigenvalue weighted by molar-refractivity contribution is 6.75. The first-order chi connectivity index (χ1) is 8.04. The van der Waals surface area contributed by atoms with Gasteiger partial charge in [0.15, 0.2) is 8.32 Å². The van der Waals surface area contributed by atoms with Gasteiger partial charge in [0.05, 0.1) is 13.2 Å². The summed E-state index contributed by atoms with van der Waals surface area (Å²) in [5.74, 6) is 0. The number of rotatable bonds is 11. The largest absolute Gasteiger partial charge is 0.463 e. The van der Waals surface area contributed by atoms with Crippen LogP contribution in [0.1, 0.15) is 33.1 Å². The molecule has 17 heavy (non-hydrogen) atoms. The van der Waals surface area contributed by atoms with E-state index in [0.29, 0.717) is 5.54 Å². The van der Waals surface area contributed by atoms with E-state index in [1.54, 1.807) is 0 Å². The van der Waals surface area contributed by atoms with Gasteiger partial charge in [-0.2, -0.15) is 0 Å². The molecule has 0 aromatic heterocycles. The van der Waals surface area contributed by atoms with Crippen molar-refractivity contribution < 1.29 is 13.6 Å². The lowest BCUT2D eigenvalue weighted by atomic mass is 10.3. The van der Waals surface area contributed by atoms with Crippen LogP contribution in [0.2, 0.25) is 18.6 Å². The van der Waals surface area contributed by atoms with Crippen molar-refractivity contribution in [2.24, 2.45) is 0 Å². The standard InChI is InChI=1S/C12H30O3Si2/c1-5-6-8-13-10-11-14-9-7-12(2)17(3,4)15-16/h12H,5-11H2,1-4,16H3. The van der Waals surface area contributed by atoms with Gasteiger partial charge in [0, 0.05) is 13.2 Å². The van der Waals surface area contributed by atoms with Crippen molar-refractivity contribution in [1.82, 2.24) is 0 Å². The number of hydrogen-bond acceptors (Lipinski definition) is 3. The van der Waals surface area contributed by atoms with Crippen LogP contribution in [0.25, 0.3) is 0 Å². The van der Waals surface area contributed by atoms with Crippen molar-refractivity contribution in [3.8, 4) is 0 Å². The summed E-state index contributed by atoms with van der Waals surface area (Å²) < 4.78 is 16.7. The van der Waals surface area contributed by atoms with Crippen LogP contribution in [0, 0.1) is 0 Å². The lowest BCUT2D eigenvalue weighted by molar-refractivity contribution is 0.0454. The van der Waals surface area contributed by atoms with Crippen molar-refractivity contribution in [3.05, 3.63) is 0 Å². The molecule has 0 amide bonds. The molecule has 0 saturated heterocycles. The third-order valence-corrected chi connectivity index (χ3v) is 10.3. The molecule has 0 spiro atoms. The first kappa shape index (κ1) is 17.3. The molecular formula is C12H30O3Si2. The van der Waals surface area contributed by atoms with E-state index < -0.39 is 8.32 Å². The summed E-state index contributed by atoms with van der Waals surface area (Å²) in [6, 6.07) is 0. The summed E-state index contributed by atoms with van der Waals surface area (Å²) in [7, 11) is -0.559. The van der Waals surface area contributed by atoms with Crippen molar-refractivity contribution in [2.75, 3.05) is 26.4 Å². The van der Waals surface area contributed by atoms with Crippen LogP contribution in [0.15, 0.2) is 0 Å². The summed E-state index contributed by atoms with van der Waals surface area (Å²) in [4.78, 5) is 0. The number of ether oxygens (including phenoxy) is 2. The van der Waals surface area contributed by atoms with Gasteiger partial charge >= 0.3 is 0 Å². The number of unbranched alkanes of at least 4 members (excludes halogenated alkanes) is 1. The second-order valence-corrected chi connectivity index (χ2v) is 10.9. The van der Waals surface area contributed by atoms with Gasteiger partial charge in [0.25, 0.3) is 0 Å². The fraction of sp³-hybridized carbons (Fsp3) is 1.00. The number of hydrogen-bond donors (Lipinski definition) is 0. The van der Waals surface area contributed by atoms with E-state index >= 15 is 0 Å². The summed E-state index contributed by atoms with van der Waals surface area (Å²) in [5, 5.41) is 0. The molecule has 0 heterocycles. The third-order valence-electron chi connectivity index (χ3n) is 3.42. The molecule has 0 N–H and O–H groups in total. The highest BCUT2D eigenvalue weighted by Gasteiger charge is 2.27. The zero-order valence-electron chi connectivity index (χ0n) is 12.3. The Morgan fingerprint density at radius 1 is 1.06 bits per heavy atom. The fourth-order valence-corrected chi connectivity index (χ4v) is 3.80. The molecule has 0 aliphatic rings. The van der Waals surface area contributed by atoms with Gasteiger partial charge in [-0.15, -0.1) is 0 Å². The lowest BCUT2D eigenvalue weighted by Gasteiger charge is -2.28. The van der Waals surface area contributed by atoms with E-state index in [4.69, 9.17) is 13.6 Å². The molecule has 104 valence electrons. The Bertz CT molecular complexity index is 177. The van der Waals surface area contributed by atoms with E-state index in [-0.39, 0.29) is 0 Å². The Kier molecular flexibility index (Phi) is 10.4. The summed E-state index contributed by atoms with van der Waals surface area (Å²) in [5.41, 5.74) is 0.668. The Morgan fingerprint density at radius 3 is 2.18 bits per heavy atom. The topological polar surface area (TPSA) is 27.7 Å². The van der Waals surface area contributed by atoms with E-state index in [9.17, 15) is 0 Å². The maximum absolute atomic E-state index is 5.72. The maximum atomic E-state index is 5.72. The molecule has 0 aromatic rings. The van der Waals surface area contributed by atoms with Gasteiger partial charge in [0.2, 0.25) is 0 Å². The van der Waals surface area contributed by atoms with Gasteiger partial charge in [-0.25, -0.2) is 0 Å². The highest BCUT2D eigenvalue weighted by atomic mass is 28.4. The van der Waals surface area contributed by atoms with Crippen LogP contribution < -0.4 is 0 Å². The maximum Gasteiger partial charge on any atom is 0.175 e. The van der Waals surface area contributed by atoms with Crippen LogP contribution in [0.5, 0.6) is 0 Å². The Morgan fingerprint density at radius 2 is 1.65 bits per heavy atom. The van der Waals surface area contributed by atoms with E-state index in [2.05, 4.69) is 26.9 Å². The first-order valence-corrected chi connectivity index (χ1v) is 10.6. The van der Waals surface area contributed by atoms with Gasteiger partial charge in [-0.05, 0) is 31.5 Å². The van der Waals surface area contributed by atoms with Crippen LogP contribution in [0.3, 0.4) is 0 Å². The first-order valence-electron chi connectivity index (χ1n) is 6.75. The van der Waals surface area contributed by atoms with E-state index in [1.165, 1.54) is 6.42 Å². The molecule has 0 aliphatic heterocycles. The molecule has 3 nitrogen and oxygen atoms in total. The minimum Gasteiger partial charge on any atom is -0.463 e. The molecule has 0 aliphatic carbocycles. The van der Waals surface area contributed by atoms with E-state index in [1.807, 2.05) is 0 Å². The van der Waals surface area contributed by atoms with Gasteiger partial charge in [-0.1, -0.05) is 20.3 Å². The van der Waals surface area contributed by atoms with Crippen LogP contribution >= 0.6 is 0 Å². The molecule has 0 rings (SSSR count). The molecule has 0 aromatic carbocycles. The zero-order valence-corrected chi connectivity index (χ0v) is 15.3. The highest BCUT2D eigenvalue weighted by Crippen LogP contribution is 2.24. The summed E-state index contributed by atoms with van der Waals surface area (Å²) >= 11 is 0. The Labute approximate surface area is 111 Å². The monoisotopic (exact) mass is 278 g/mol. The average Bonchev–Trinajstić information content (AvgIpc) is 2.32. The zero-order chi connectivity index (χ0) is 13.1.